The number of ether oxygens (including phenoxy) is 1. The summed E-state index contributed by atoms with van der Waals surface area (Å²) < 4.78 is 5.09. The number of carbonyl (C=O) groups is 5. The van der Waals surface area contributed by atoms with Gasteiger partial charge in [-0.15, -0.1) is 0 Å². The topological polar surface area (TPSA) is 122 Å². The van der Waals surface area contributed by atoms with Crippen molar-refractivity contribution in [3.05, 3.63) is 65.7 Å². The van der Waals surface area contributed by atoms with Crippen LogP contribution >= 0.6 is 0 Å². The van der Waals surface area contributed by atoms with Crippen LogP contribution in [0.15, 0.2) is 60.2 Å². The second-order valence-electron chi connectivity index (χ2n) is 9.41. The van der Waals surface area contributed by atoms with Gasteiger partial charge in [0.1, 0.15) is 0 Å². The van der Waals surface area contributed by atoms with E-state index in [4.69, 9.17) is 4.74 Å². The first-order chi connectivity index (χ1) is 17.2. The third-order valence-corrected chi connectivity index (χ3v) is 7.07. The van der Waals surface area contributed by atoms with Gasteiger partial charge >= 0.3 is 5.97 Å². The number of esters is 1. The standard InChI is InChI=1S/C27H25N3O6/c1-14-11-17-12-21(14)24-23(17)25(33)30(26(24)34)20-9-3-16(4-10-20)27(35)36-13-22(32)29-19-7-5-18(6-8-19)28-15(2)31/h3-11,17,21,23-24H,12-13H2,1-2H3,(H,28,31)(H,29,32)/t17-,21+,23-,24+/m0/s1. The monoisotopic (exact) mass is 487 g/mol. The van der Waals surface area contributed by atoms with E-state index in [9.17, 15) is 24.0 Å². The summed E-state index contributed by atoms with van der Waals surface area (Å²) in [6, 6.07) is 12.5. The minimum atomic E-state index is -0.702. The minimum Gasteiger partial charge on any atom is -0.452 e. The molecule has 2 bridgehead atoms. The summed E-state index contributed by atoms with van der Waals surface area (Å²) in [7, 11) is 0. The van der Waals surface area contributed by atoms with Crippen molar-refractivity contribution in [3.8, 4) is 0 Å². The van der Waals surface area contributed by atoms with Crippen LogP contribution in [-0.4, -0.2) is 36.2 Å². The van der Waals surface area contributed by atoms with Crippen molar-refractivity contribution in [3.63, 3.8) is 0 Å². The van der Waals surface area contributed by atoms with Gasteiger partial charge in [0.15, 0.2) is 6.61 Å². The maximum absolute atomic E-state index is 13.1. The lowest BCUT2D eigenvalue weighted by Crippen LogP contribution is -2.33. The van der Waals surface area contributed by atoms with Gasteiger partial charge in [0.2, 0.25) is 17.7 Å². The molecule has 0 spiro atoms. The summed E-state index contributed by atoms with van der Waals surface area (Å²) >= 11 is 0. The maximum Gasteiger partial charge on any atom is 0.338 e. The van der Waals surface area contributed by atoms with Crippen molar-refractivity contribution < 1.29 is 28.7 Å². The Morgan fingerprint density at radius 1 is 0.917 bits per heavy atom. The number of amides is 4. The van der Waals surface area contributed by atoms with Crippen LogP contribution in [0.5, 0.6) is 0 Å². The molecule has 5 rings (SSSR count). The number of hydrogen-bond acceptors (Lipinski definition) is 6. The number of fused-ring (bicyclic) bond motifs is 5. The number of carbonyl (C=O) groups excluding carboxylic acids is 5. The molecule has 0 aromatic heterocycles. The summed E-state index contributed by atoms with van der Waals surface area (Å²) in [5.74, 6) is -2.12. The zero-order valence-electron chi connectivity index (χ0n) is 19.8. The average molecular weight is 488 g/mol. The second-order valence-corrected chi connectivity index (χ2v) is 9.41. The fraction of sp³-hybridized carbons (Fsp3) is 0.296. The number of allylic oxidation sites excluding steroid dienone is 2. The Bertz CT molecular complexity index is 1300. The molecule has 1 saturated carbocycles. The van der Waals surface area contributed by atoms with E-state index in [1.54, 1.807) is 36.4 Å². The quantitative estimate of drug-likeness (QED) is 0.367. The van der Waals surface area contributed by atoms with E-state index >= 15 is 0 Å². The third-order valence-electron chi connectivity index (χ3n) is 7.07. The van der Waals surface area contributed by atoms with Crippen molar-refractivity contribution in [1.82, 2.24) is 0 Å². The fourth-order valence-corrected chi connectivity index (χ4v) is 5.53. The first-order valence-electron chi connectivity index (χ1n) is 11.7. The molecular weight excluding hydrogens is 462 g/mol. The molecule has 2 aromatic rings. The predicted octanol–water partition coefficient (Wildman–Crippen LogP) is 3.14. The van der Waals surface area contributed by atoms with Crippen LogP contribution in [0, 0.1) is 23.7 Å². The van der Waals surface area contributed by atoms with Gasteiger partial charge in [-0.25, -0.2) is 4.79 Å². The van der Waals surface area contributed by atoms with Crippen LogP contribution in [-0.2, 0) is 23.9 Å². The van der Waals surface area contributed by atoms with Crippen LogP contribution < -0.4 is 15.5 Å². The second kappa shape index (κ2) is 9.07. The van der Waals surface area contributed by atoms with Gasteiger partial charge < -0.3 is 15.4 Å². The molecule has 3 aliphatic rings. The molecule has 9 nitrogen and oxygen atoms in total. The fourth-order valence-electron chi connectivity index (χ4n) is 5.53. The van der Waals surface area contributed by atoms with E-state index in [1.165, 1.54) is 29.5 Å². The van der Waals surface area contributed by atoms with E-state index in [0.717, 1.165) is 6.42 Å². The number of nitrogens with zero attached hydrogens (tertiary/aromatic N) is 1. The molecule has 2 aliphatic carbocycles. The van der Waals surface area contributed by atoms with Gasteiger partial charge in [-0.1, -0.05) is 11.6 Å². The molecule has 0 unspecified atom stereocenters. The summed E-state index contributed by atoms with van der Waals surface area (Å²) in [4.78, 5) is 63.0. The third kappa shape index (κ3) is 4.17. The van der Waals surface area contributed by atoms with Crippen LogP contribution in [0.25, 0.3) is 0 Å². The van der Waals surface area contributed by atoms with Gasteiger partial charge in [0.25, 0.3) is 5.91 Å². The maximum atomic E-state index is 13.1. The molecular formula is C27H25N3O6. The molecule has 36 heavy (non-hydrogen) atoms. The first kappa shape index (κ1) is 23.5. The lowest BCUT2D eigenvalue weighted by molar-refractivity contribution is -0.123. The minimum absolute atomic E-state index is 0.122. The SMILES string of the molecule is CC(=O)Nc1ccc(NC(=O)COC(=O)c2ccc(N3C(=O)[C@@H]4[C@H](C3=O)[C@@H]3C[C@@H]4C=C3C)cc2)cc1. The molecule has 4 atom stereocenters. The number of nitrogens with one attached hydrogen (secondary N) is 2. The molecule has 4 amide bonds. The molecule has 2 N–H and O–H groups in total. The van der Waals surface area contributed by atoms with Gasteiger partial charge in [0, 0.05) is 18.3 Å². The average Bonchev–Trinajstić information content (AvgIpc) is 3.48. The number of rotatable bonds is 6. The van der Waals surface area contributed by atoms with Crippen molar-refractivity contribution >= 4 is 46.7 Å². The largest absolute Gasteiger partial charge is 0.452 e. The molecule has 0 radical (unpaired) electrons. The van der Waals surface area contributed by atoms with E-state index < -0.39 is 18.5 Å². The Kier molecular flexibility index (Phi) is 5.91. The molecule has 1 aliphatic heterocycles. The molecule has 1 saturated heterocycles. The highest BCUT2D eigenvalue weighted by atomic mass is 16.5. The Balaban J connectivity index is 1.16. The Labute approximate surface area is 207 Å². The molecule has 2 aromatic carbocycles. The van der Waals surface area contributed by atoms with E-state index in [1.807, 2.05) is 6.92 Å². The van der Waals surface area contributed by atoms with Gasteiger partial charge in [-0.2, -0.15) is 0 Å². The van der Waals surface area contributed by atoms with Crippen LogP contribution in [0.4, 0.5) is 17.1 Å². The summed E-state index contributed by atoms with van der Waals surface area (Å²) in [5.41, 5.74) is 2.89. The molecule has 1 heterocycles. The van der Waals surface area contributed by atoms with E-state index in [2.05, 4.69) is 16.7 Å². The first-order valence-corrected chi connectivity index (χ1v) is 11.7. The van der Waals surface area contributed by atoms with Gasteiger partial charge in [0.05, 0.1) is 23.1 Å². The van der Waals surface area contributed by atoms with Crippen LogP contribution in [0.3, 0.4) is 0 Å². The van der Waals surface area contributed by atoms with E-state index in [0.29, 0.717) is 17.1 Å². The Hall–Kier alpha value is -4.27. The predicted molar refractivity (Wildman–Crippen MR) is 131 cm³/mol. The number of imide groups is 1. The lowest BCUT2D eigenvalue weighted by atomic mass is 9.82. The number of benzene rings is 2. The Morgan fingerprint density at radius 3 is 2.17 bits per heavy atom. The highest BCUT2D eigenvalue weighted by Gasteiger charge is 2.60. The van der Waals surface area contributed by atoms with Crippen molar-refractivity contribution in [1.29, 1.82) is 0 Å². The molecule has 2 fully saturated rings. The zero-order valence-corrected chi connectivity index (χ0v) is 19.8. The lowest BCUT2D eigenvalue weighted by Gasteiger charge is -2.19. The Morgan fingerprint density at radius 2 is 1.53 bits per heavy atom. The van der Waals surface area contributed by atoms with Crippen LogP contribution in [0.2, 0.25) is 0 Å². The highest BCUT2D eigenvalue weighted by molar-refractivity contribution is 6.23. The molecule has 9 heteroatoms. The summed E-state index contributed by atoms with van der Waals surface area (Å²) in [5, 5.41) is 5.23. The number of anilines is 3. The molecule has 184 valence electrons. The van der Waals surface area contributed by atoms with Crippen molar-refractivity contribution in [2.45, 2.75) is 20.3 Å². The van der Waals surface area contributed by atoms with Gasteiger partial charge in [-0.05, 0) is 73.7 Å². The summed E-state index contributed by atoms with van der Waals surface area (Å²) in [6.45, 7) is 2.93. The van der Waals surface area contributed by atoms with E-state index in [-0.39, 0.29) is 47.0 Å². The highest BCUT2D eigenvalue weighted by Crippen LogP contribution is 2.55. The van der Waals surface area contributed by atoms with Crippen LogP contribution in [0.1, 0.15) is 30.6 Å². The number of hydrogen-bond donors (Lipinski definition) is 2. The van der Waals surface area contributed by atoms with Crippen molar-refractivity contribution in [2.75, 3.05) is 22.1 Å². The smallest absolute Gasteiger partial charge is 0.338 e. The van der Waals surface area contributed by atoms with Gasteiger partial charge in [-0.3, -0.25) is 24.1 Å². The van der Waals surface area contributed by atoms with Crippen molar-refractivity contribution in [2.24, 2.45) is 23.7 Å². The normalized spacial score (nSPS) is 23.8. The zero-order chi connectivity index (χ0) is 25.6. The summed E-state index contributed by atoms with van der Waals surface area (Å²) in [6.07, 6.45) is 2.99.